The van der Waals surface area contributed by atoms with Crippen LogP contribution in [-0.4, -0.2) is 26.9 Å². The van der Waals surface area contributed by atoms with Gasteiger partial charge in [-0.25, -0.2) is 22.0 Å². The minimum atomic E-state index is -4.15. The maximum atomic E-state index is 14.5. The number of carbonyl (C=O) groups is 2. The van der Waals surface area contributed by atoms with Gasteiger partial charge in [0.25, 0.3) is 15.9 Å². The smallest absolute Gasteiger partial charge is 0.338 e. The van der Waals surface area contributed by atoms with Crippen LogP contribution in [0.25, 0.3) is 0 Å². The largest absolute Gasteiger partial charge is 0.462 e. The Morgan fingerprint density at radius 3 is 2.18 bits per heavy atom. The number of rotatable bonds is 9. The average Bonchev–Trinajstić information content (AvgIpc) is 2.81. The first kappa shape index (κ1) is 24.8. The summed E-state index contributed by atoms with van der Waals surface area (Å²) in [6.45, 7) is 2.27. The first-order chi connectivity index (χ1) is 16.2. The van der Waals surface area contributed by atoms with Gasteiger partial charge < -0.3 is 10.1 Å². The second kappa shape index (κ2) is 10.9. The molecular formula is C24H22F2N2O5S. The van der Waals surface area contributed by atoms with E-state index in [9.17, 15) is 26.8 Å². The Balaban J connectivity index is 1.68. The molecule has 2 N–H and O–H groups in total. The highest BCUT2D eigenvalue weighted by Gasteiger charge is 2.18. The summed E-state index contributed by atoms with van der Waals surface area (Å²) in [6.07, 6.45) is 1.63. The summed E-state index contributed by atoms with van der Waals surface area (Å²) in [5.41, 5.74) is 0.307. The fourth-order valence-corrected chi connectivity index (χ4v) is 3.91. The van der Waals surface area contributed by atoms with E-state index in [2.05, 4.69) is 10.0 Å². The number of nitrogens with one attached hydrogen (secondary N) is 2. The van der Waals surface area contributed by atoms with Gasteiger partial charge in [-0.15, -0.1) is 0 Å². The van der Waals surface area contributed by atoms with E-state index in [1.165, 1.54) is 36.4 Å². The lowest BCUT2D eigenvalue weighted by Crippen LogP contribution is -2.15. The average molecular weight is 489 g/mol. The van der Waals surface area contributed by atoms with E-state index in [-0.39, 0.29) is 27.4 Å². The third-order valence-corrected chi connectivity index (χ3v) is 6.09. The molecule has 0 heterocycles. The summed E-state index contributed by atoms with van der Waals surface area (Å²) >= 11 is 0. The molecule has 0 aliphatic rings. The van der Waals surface area contributed by atoms with Gasteiger partial charge in [0.15, 0.2) is 0 Å². The summed E-state index contributed by atoms with van der Waals surface area (Å²) in [6, 6.07) is 13.3. The molecule has 0 saturated heterocycles. The monoisotopic (exact) mass is 488 g/mol. The number of halogens is 2. The first-order valence-corrected chi connectivity index (χ1v) is 11.8. The van der Waals surface area contributed by atoms with Crippen LogP contribution in [0.2, 0.25) is 0 Å². The Labute approximate surface area is 195 Å². The highest BCUT2D eigenvalue weighted by atomic mass is 32.2. The summed E-state index contributed by atoms with van der Waals surface area (Å²) in [5.74, 6) is -2.68. The number of hydrogen-bond donors (Lipinski definition) is 2. The maximum absolute atomic E-state index is 14.5. The number of anilines is 2. The van der Waals surface area contributed by atoms with Crippen molar-refractivity contribution in [1.82, 2.24) is 0 Å². The molecule has 0 aliphatic carbocycles. The van der Waals surface area contributed by atoms with Crippen molar-refractivity contribution < 1.29 is 31.5 Å². The second-order valence-corrected chi connectivity index (χ2v) is 8.96. The minimum absolute atomic E-state index is 0.108. The number of esters is 1. The highest BCUT2D eigenvalue weighted by Crippen LogP contribution is 2.22. The lowest BCUT2D eigenvalue weighted by Gasteiger charge is -2.11. The van der Waals surface area contributed by atoms with Gasteiger partial charge >= 0.3 is 5.97 Å². The summed E-state index contributed by atoms with van der Waals surface area (Å²) in [5, 5.41) is 2.31. The molecule has 0 fully saturated rings. The van der Waals surface area contributed by atoms with Gasteiger partial charge in [0.2, 0.25) is 0 Å². The molecule has 0 atom stereocenters. The first-order valence-electron chi connectivity index (χ1n) is 10.4. The highest BCUT2D eigenvalue weighted by molar-refractivity contribution is 7.92. The van der Waals surface area contributed by atoms with Crippen LogP contribution in [0.15, 0.2) is 71.6 Å². The van der Waals surface area contributed by atoms with E-state index in [4.69, 9.17) is 4.74 Å². The molecule has 3 aromatic rings. The van der Waals surface area contributed by atoms with E-state index in [0.29, 0.717) is 6.61 Å². The number of carbonyl (C=O) groups excluding carboxylic acids is 2. The summed E-state index contributed by atoms with van der Waals surface area (Å²) in [4.78, 5) is 23.8. The molecule has 0 saturated carbocycles. The van der Waals surface area contributed by atoms with Gasteiger partial charge in [-0.3, -0.25) is 9.52 Å². The predicted octanol–water partition coefficient (Wildman–Crippen LogP) is 4.97. The third-order valence-electron chi connectivity index (χ3n) is 4.71. The van der Waals surface area contributed by atoms with Crippen LogP contribution in [0.4, 0.5) is 20.2 Å². The number of ether oxygens (including phenoxy) is 1. The molecule has 10 heteroatoms. The van der Waals surface area contributed by atoms with Gasteiger partial charge in [0, 0.05) is 11.3 Å². The molecule has 34 heavy (non-hydrogen) atoms. The van der Waals surface area contributed by atoms with Crippen molar-refractivity contribution in [2.24, 2.45) is 0 Å². The van der Waals surface area contributed by atoms with Crippen LogP contribution in [0.3, 0.4) is 0 Å². The van der Waals surface area contributed by atoms with Gasteiger partial charge in [-0.2, -0.15) is 0 Å². The molecule has 0 unspecified atom stereocenters. The van der Waals surface area contributed by atoms with Crippen LogP contribution in [0, 0.1) is 11.6 Å². The molecule has 0 bridgehead atoms. The van der Waals surface area contributed by atoms with E-state index < -0.39 is 33.5 Å². The molecular weight excluding hydrogens is 466 g/mol. The van der Waals surface area contributed by atoms with E-state index >= 15 is 0 Å². The van der Waals surface area contributed by atoms with Crippen molar-refractivity contribution >= 4 is 33.3 Å². The summed E-state index contributed by atoms with van der Waals surface area (Å²) < 4.78 is 60.2. The van der Waals surface area contributed by atoms with Gasteiger partial charge in [-0.1, -0.05) is 13.3 Å². The zero-order valence-corrected chi connectivity index (χ0v) is 19.0. The van der Waals surface area contributed by atoms with Crippen LogP contribution in [0.5, 0.6) is 0 Å². The zero-order chi connectivity index (χ0) is 24.7. The number of unbranched alkanes of at least 4 members (excludes halogenated alkanes) is 1. The van der Waals surface area contributed by atoms with Crippen molar-refractivity contribution in [3.8, 4) is 0 Å². The van der Waals surface area contributed by atoms with Crippen molar-refractivity contribution in [3.63, 3.8) is 0 Å². The third kappa shape index (κ3) is 6.38. The predicted molar refractivity (Wildman–Crippen MR) is 123 cm³/mol. The topological polar surface area (TPSA) is 102 Å². The molecule has 3 aromatic carbocycles. The fourth-order valence-electron chi connectivity index (χ4n) is 2.84. The van der Waals surface area contributed by atoms with Crippen LogP contribution < -0.4 is 10.0 Å². The Morgan fingerprint density at radius 2 is 1.56 bits per heavy atom. The SMILES string of the molecule is CCCCOC(=O)c1ccc(NS(=O)(=O)c2ccc(NC(=O)c3ccc(F)cc3)c(F)c2)cc1. The molecule has 178 valence electrons. The second-order valence-electron chi connectivity index (χ2n) is 7.27. The Bertz CT molecular complexity index is 1280. The Kier molecular flexibility index (Phi) is 7.95. The van der Waals surface area contributed by atoms with Crippen molar-refractivity contribution in [2.45, 2.75) is 24.7 Å². The van der Waals surface area contributed by atoms with Crippen LogP contribution in [-0.2, 0) is 14.8 Å². The molecule has 0 aromatic heterocycles. The number of hydrogen-bond acceptors (Lipinski definition) is 5. The van der Waals surface area contributed by atoms with Crippen LogP contribution >= 0.6 is 0 Å². The molecule has 7 nitrogen and oxygen atoms in total. The number of benzene rings is 3. The van der Waals surface area contributed by atoms with Gasteiger partial charge in [0.1, 0.15) is 11.6 Å². The molecule has 0 spiro atoms. The van der Waals surface area contributed by atoms with Gasteiger partial charge in [-0.05, 0) is 73.2 Å². The summed E-state index contributed by atoms with van der Waals surface area (Å²) in [7, 11) is -4.15. The van der Waals surface area contributed by atoms with E-state index in [0.717, 1.165) is 43.2 Å². The van der Waals surface area contributed by atoms with E-state index in [1.54, 1.807) is 0 Å². The minimum Gasteiger partial charge on any atom is -0.462 e. The lowest BCUT2D eigenvalue weighted by atomic mass is 10.2. The fraction of sp³-hybridized carbons (Fsp3) is 0.167. The zero-order valence-electron chi connectivity index (χ0n) is 18.2. The number of amides is 1. The van der Waals surface area contributed by atoms with Crippen molar-refractivity contribution in [2.75, 3.05) is 16.6 Å². The lowest BCUT2D eigenvalue weighted by molar-refractivity contribution is 0.0499. The number of sulfonamides is 1. The maximum Gasteiger partial charge on any atom is 0.338 e. The Hall–Kier alpha value is -3.79. The molecule has 0 radical (unpaired) electrons. The standard InChI is InChI=1S/C24H22F2N2O5S/c1-2-3-14-33-24(30)17-6-10-19(11-7-17)28-34(31,32)20-12-13-22(21(26)15-20)27-23(29)16-4-8-18(25)9-5-16/h4-13,15,28H,2-3,14H2,1H3,(H,27,29). The quantitative estimate of drug-likeness (QED) is 0.327. The molecule has 3 rings (SSSR count). The normalized spacial score (nSPS) is 11.0. The Morgan fingerprint density at radius 1 is 0.912 bits per heavy atom. The van der Waals surface area contributed by atoms with Crippen molar-refractivity contribution in [1.29, 1.82) is 0 Å². The van der Waals surface area contributed by atoms with E-state index in [1.807, 2.05) is 6.92 Å². The molecule has 1 amide bonds. The molecule has 0 aliphatic heterocycles. The van der Waals surface area contributed by atoms with Gasteiger partial charge in [0.05, 0.1) is 22.8 Å². The van der Waals surface area contributed by atoms with Crippen molar-refractivity contribution in [3.05, 3.63) is 89.5 Å². The van der Waals surface area contributed by atoms with Crippen LogP contribution in [0.1, 0.15) is 40.5 Å².